The number of anilines is 1. The highest BCUT2D eigenvalue weighted by Crippen LogP contribution is 2.39. The molecule has 0 N–H and O–H groups in total. The minimum Gasteiger partial charge on any atom is -0.315 e. The maximum atomic E-state index is 13.2. The van der Waals surface area contributed by atoms with Gasteiger partial charge in [-0.15, -0.1) is 11.8 Å². The van der Waals surface area contributed by atoms with Crippen molar-refractivity contribution in [2.45, 2.75) is 29.8 Å². The second-order valence-corrected chi connectivity index (χ2v) is 7.95. The summed E-state index contributed by atoms with van der Waals surface area (Å²) in [6.07, 6.45) is 1.42. The van der Waals surface area contributed by atoms with E-state index < -0.39 is 11.7 Å². The Morgan fingerprint density at radius 3 is 2.77 bits per heavy atom. The summed E-state index contributed by atoms with van der Waals surface area (Å²) >= 11 is 1.02. The fraction of sp³-hybridized carbons (Fsp3) is 0.227. The first-order valence-corrected chi connectivity index (χ1v) is 10.3. The Morgan fingerprint density at radius 1 is 1.13 bits per heavy atom. The fourth-order valence-electron chi connectivity index (χ4n) is 3.54. The van der Waals surface area contributed by atoms with Gasteiger partial charge >= 0.3 is 6.18 Å². The van der Waals surface area contributed by atoms with E-state index in [1.54, 1.807) is 24.3 Å². The summed E-state index contributed by atoms with van der Waals surface area (Å²) in [6, 6.07) is 10.1. The van der Waals surface area contributed by atoms with Gasteiger partial charge in [0.25, 0.3) is 0 Å². The number of pyridine rings is 2. The molecule has 3 aromatic rings. The molecule has 0 radical (unpaired) electrons. The zero-order valence-electron chi connectivity index (χ0n) is 16.1. The lowest BCUT2D eigenvalue weighted by Crippen LogP contribution is -2.31. The molecular weight excluding hydrogens is 411 g/mol. The average Bonchev–Trinajstić information content (AvgIpc) is 2.74. The fourth-order valence-corrected chi connectivity index (χ4v) is 4.48. The maximum absolute atomic E-state index is 13.2. The molecule has 0 unspecified atom stereocenters. The second-order valence-electron chi connectivity index (χ2n) is 6.99. The number of carbonyl (C=O) groups excluding carboxylic acids is 1. The molecule has 1 aromatic carbocycles. The average molecular weight is 429 g/mol. The van der Waals surface area contributed by atoms with Crippen LogP contribution in [0.15, 0.2) is 60.0 Å². The molecule has 0 aliphatic carbocycles. The van der Waals surface area contributed by atoms with Crippen molar-refractivity contribution in [1.82, 2.24) is 9.97 Å². The van der Waals surface area contributed by atoms with Gasteiger partial charge < -0.3 is 4.90 Å². The lowest BCUT2D eigenvalue weighted by molar-refractivity contribution is -0.140. The molecule has 0 saturated heterocycles. The number of aromatic nitrogens is 2. The number of nitrogens with zero attached hydrogens (tertiary/aromatic N) is 3. The van der Waals surface area contributed by atoms with Gasteiger partial charge in [-0.25, -0.2) is 4.98 Å². The highest BCUT2D eigenvalue weighted by Gasteiger charge is 2.34. The van der Waals surface area contributed by atoms with Gasteiger partial charge in [-0.1, -0.05) is 18.2 Å². The number of para-hydroxylation sites is 1. The Morgan fingerprint density at radius 2 is 1.97 bits per heavy atom. The third kappa shape index (κ3) is 4.05. The first kappa shape index (κ1) is 20.4. The maximum Gasteiger partial charge on any atom is 0.419 e. The van der Waals surface area contributed by atoms with E-state index in [4.69, 9.17) is 0 Å². The van der Waals surface area contributed by atoms with E-state index in [0.29, 0.717) is 18.6 Å². The first-order valence-electron chi connectivity index (χ1n) is 9.32. The van der Waals surface area contributed by atoms with Crippen LogP contribution in [-0.4, -0.2) is 22.9 Å². The number of amides is 1. The van der Waals surface area contributed by atoms with E-state index in [1.807, 2.05) is 24.3 Å². The summed E-state index contributed by atoms with van der Waals surface area (Å²) in [5.74, 6) is 0.356. The zero-order valence-corrected chi connectivity index (χ0v) is 16.9. The smallest absolute Gasteiger partial charge is 0.315 e. The van der Waals surface area contributed by atoms with Gasteiger partial charge in [0.05, 0.1) is 11.3 Å². The molecule has 4 nitrogen and oxygen atoms in total. The van der Waals surface area contributed by atoms with Crippen LogP contribution in [0.5, 0.6) is 0 Å². The number of rotatable bonds is 4. The molecule has 0 atom stereocenters. The van der Waals surface area contributed by atoms with Crippen molar-refractivity contribution in [3.8, 4) is 11.1 Å². The minimum absolute atomic E-state index is 0.0576. The molecule has 0 saturated carbocycles. The van der Waals surface area contributed by atoms with Gasteiger partial charge in [0.2, 0.25) is 5.91 Å². The molecule has 0 bridgehead atoms. The standard InChI is InChI=1S/C22H18F3N3OS/c1-28-19(29)8-7-15-4-2-5-17(20(15)28)16-10-14(11-26-12-16)13-30-21-18(22(23,24)25)6-3-9-27-21/h2-6,9-12H,7-8,13H2,1H3. The Balaban J connectivity index is 1.62. The van der Waals surface area contributed by atoms with Crippen LogP contribution in [0.2, 0.25) is 0 Å². The van der Waals surface area contributed by atoms with Crippen molar-refractivity contribution >= 4 is 23.4 Å². The molecule has 0 fully saturated rings. The Labute approximate surface area is 176 Å². The summed E-state index contributed by atoms with van der Waals surface area (Å²) in [6.45, 7) is 0. The van der Waals surface area contributed by atoms with Crippen molar-refractivity contribution < 1.29 is 18.0 Å². The third-order valence-corrected chi connectivity index (χ3v) is 6.07. The SMILES string of the molecule is CN1C(=O)CCc2cccc(-c3cncc(CSc4ncccc4C(F)(F)F)c3)c21. The van der Waals surface area contributed by atoms with Gasteiger partial charge in [-0.05, 0) is 35.7 Å². The van der Waals surface area contributed by atoms with Crippen molar-refractivity contribution in [2.24, 2.45) is 0 Å². The number of fused-ring (bicyclic) bond motifs is 1. The lowest BCUT2D eigenvalue weighted by Gasteiger charge is -2.28. The highest BCUT2D eigenvalue weighted by molar-refractivity contribution is 7.98. The molecule has 1 amide bonds. The van der Waals surface area contributed by atoms with Crippen molar-refractivity contribution in [3.05, 3.63) is 71.7 Å². The molecule has 8 heteroatoms. The number of aryl methyl sites for hydroxylation is 1. The van der Waals surface area contributed by atoms with Gasteiger partial charge in [-0.3, -0.25) is 9.78 Å². The van der Waals surface area contributed by atoms with Gasteiger partial charge in [0.1, 0.15) is 5.03 Å². The number of hydrogen-bond acceptors (Lipinski definition) is 4. The molecule has 1 aliphatic rings. The molecule has 1 aliphatic heterocycles. The summed E-state index contributed by atoms with van der Waals surface area (Å²) in [7, 11) is 1.76. The van der Waals surface area contributed by atoms with Gasteiger partial charge in [0.15, 0.2) is 0 Å². The summed E-state index contributed by atoms with van der Waals surface area (Å²) < 4.78 is 39.6. The normalized spacial score (nSPS) is 14.0. The predicted octanol–water partition coefficient (Wildman–Crippen LogP) is 5.36. The van der Waals surface area contributed by atoms with Crippen molar-refractivity contribution in [3.63, 3.8) is 0 Å². The first-order chi connectivity index (χ1) is 14.3. The Kier molecular flexibility index (Phi) is 5.51. The Bertz CT molecular complexity index is 1100. The lowest BCUT2D eigenvalue weighted by atomic mass is 9.94. The van der Waals surface area contributed by atoms with Crippen molar-refractivity contribution in [2.75, 3.05) is 11.9 Å². The van der Waals surface area contributed by atoms with E-state index in [2.05, 4.69) is 9.97 Å². The molecule has 0 spiro atoms. The van der Waals surface area contributed by atoms with Gasteiger partial charge in [-0.2, -0.15) is 13.2 Å². The van der Waals surface area contributed by atoms with E-state index >= 15 is 0 Å². The van der Waals surface area contributed by atoms with Crippen LogP contribution in [0.1, 0.15) is 23.1 Å². The van der Waals surface area contributed by atoms with Crippen LogP contribution in [0, 0.1) is 0 Å². The quantitative estimate of drug-likeness (QED) is 0.524. The van der Waals surface area contributed by atoms with Crippen molar-refractivity contribution in [1.29, 1.82) is 0 Å². The third-order valence-electron chi connectivity index (χ3n) is 5.00. The summed E-state index contributed by atoms with van der Waals surface area (Å²) in [4.78, 5) is 22.0. The Hall–Kier alpha value is -2.87. The summed E-state index contributed by atoms with van der Waals surface area (Å²) in [5.41, 5.74) is 3.71. The van der Waals surface area contributed by atoms with E-state index in [9.17, 15) is 18.0 Å². The van der Waals surface area contributed by atoms with E-state index in [0.717, 1.165) is 45.8 Å². The molecule has 30 heavy (non-hydrogen) atoms. The number of halogens is 3. The van der Waals surface area contributed by atoms with E-state index in [-0.39, 0.29) is 10.9 Å². The molecule has 3 heterocycles. The highest BCUT2D eigenvalue weighted by atomic mass is 32.2. The van der Waals surface area contributed by atoms with Crippen LogP contribution < -0.4 is 4.90 Å². The number of alkyl halides is 3. The van der Waals surface area contributed by atoms with Crippen LogP contribution in [-0.2, 0) is 23.1 Å². The number of thioether (sulfide) groups is 1. The second kappa shape index (κ2) is 8.10. The van der Waals surface area contributed by atoms with Crippen LogP contribution in [0.4, 0.5) is 18.9 Å². The summed E-state index contributed by atoms with van der Waals surface area (Å²) in [5, 5.41) is -0.0576. The molecule has 2 aromatic heterocycles. The zero-order chi connectivity index (χ0) is 21.3. The number of hydrogen-bond donors (Lipinski definition) is 0. The minimum atomic E-state index is -4.45. The largest absolute Gasteiger partial charge is 0.419 e. The van der Waals surface area contributed by atoms with Crippen LogP contribution in [0.3, 0.4) is 0 Å². The van der Waals surface area contributed by atoms with Crippen LogP contribution in [0.25, 0.3) is 11.1 Å². The van der Waals surface area contributed by atoms with E-state index in [1.165, 1.54) is 12.3 Å². The monoisotopic (exact) mass is 429 g/mol. The number of benzene rings is 1. The predicted molar refractivity (Wildman–Crippen MR) is 110 cm³/mol. The molecule has 4 rings (SSSR count). The van der Waals surface area contributed by atoms with Crippen LogP contribution >= 0.6 is 11.8 Å². The number of carbonyl (C=O) groups is 1. The molecule has 154 valence electrons. The van der Waals surface area contributed by atoms with Gasteiger partial charge in [0, 0.05) is 48.9 Å². The molecular formula is C22H18F3N3OS. The topological polar surface area (TPSA) is 46.1 Å².